The SMILES string of the molecule is O=C(Cl)/C=C/c1ccc(-c2ccccc2Cl)o1. The third-order valence-electron chi connectivity index (χ3n) is 2.14. The van der Waals surface area contributed by atoms with Gasteiger partial charge >= 0.3 is 0 Å². The Bertz CT molecular complexity index is 570. The van der Waals surface area contributed by atoms with E-state index in [0.717, 1.165) is 5.56 Å². The number of benzene rings is 1. The van der Waals surface area contributed by atoms with Crippen LogP contribution in [0, 0.1) is 0 Å². The lowest BCUT2D eigenvalue weighted by Crippen LogP contribution is -1.75. The lowest BCUT2D eigenvalue weighted by atomic mass is 10.2. The molecule has 86 valence electrons. The van der Waals surface area contributed by atoms with Gasteiger partial charge in [-0.15, -0.1) is 0 Å². The molecule has 2 rings (SSSR count). The highest BCUT2D eigenvalue weighted by atomic mass is 35.5. The Morgan fingerprint density at radius 3 is 2.65 bits per heavy atom. The van der Waals surface area contributed by atoms with Crippen molar-refractivity contribution in [3.63, 3.8) is 0 Å². The monoisotopic (exact) mass is 266 g/mol. The van der Waals surface area contributed by atoms with Crippen LogP contribution in [0.3, 0.4) is 0 Å². The van der Waals surface area contributed by atoms with Gasteiger partial charge in [-0.3, -0.25) is 4.79 Å². The van der Waals surface area contributed by atoms with E-state index in [0.29, 0.717) is 16.5 Å². The molecule has 0 unspecified atom stereocenters. The van der Waals surface area contributed by atoms with Crippen LogP contribution in [0.15, 0.2) is 46.9 Å². The van der Waals surface area contributed by atoms with Crippen molar-refractivity contribution < 1.29 is 9.21 Å². The van der Waals surface area contributed by atoms with Gasteiger partial charge in [-0.25, -0.2) is 0 Å². The molecule has 1 aromatic heterocycles. The summed E-state index contributed by atoms with van der Waals surface area (Å²) in [6.07, 6.45) is 2.74. The zero-order valence-corrected chi connectivity index (χ0v) is 10.2. The van der Waals surface area contributed by atoms with Gasteiger partial charge in [0.1, 0.15) is 11.5 Å². The molecule has 0 amide bonds. The van der Waals surface area contributed by atoms with Gasteiger partial charge in [0.15, 0.2) is 0 Å². The van der Waals surface area contributed by atoms with Crippen LogP contribution >= 0.6 is 23.2 Å². The number of allylic oxidation sites excluding steroid dienone is 1. The fourth-order valence-corrected chi connectivity index (χ4v) is 1.69. The van der Waals surface area contributed by atoms with Gasteiger partial charge in [-0.1, -0.05) is 23.7 Å². The van der Waals surface area contributed by atoms with Crippen LogP contribution in [0.2, 0.25) is 5.02 Å². The zero-order chi connectivity index (χ0) is 12.3. The summed E-state index contributed by atoms with van der Waals surface area (Å²) in [4.78, 5) is 10.6. The summed E-state index contributed by atoms with van der Waals surface area (Å²) in [7, 11) is 0. The molecule has 0 saturated carbocycles. The second-order valence-corrected chi connectivity index (χ2v) is 4.10. The minimum absolute atomic E-state index is 0.541. The Kier molecular flexibility index (Phi) is 3.67. The quantitative estimate of drug-likeness (QED) is 0.610. The highest BCUT2D eigenvalue weighted by molar-refractivity contribution is 6.66. The summed E-state index contributed by atoms with van der Waals surface area (Å²) in [5.74, 6) is 1.20. The maximum atomic E-state index is 10.6. The second kappa shape index (κ2) is 5.21. The average Bonchev–Trinajstić information content (AvgIpc) is 2.75. The van der Waals surface area contributed by atoms with Crippen molar-refractivity contribution in [2.24, 2.45) is 0 Å². The molecule has 0 fully saturated rings. The molecule has 17 heavy (non-hydrogen) atoms. The highest BCUT2D eigenvalue weighted by Gasteiger charge is 2.06. The van der Waals surface area contributed by atoms with E-state index in [2.05, 4.69) is 0 Å². The van der Waals surface area contributed by atoms with E-state index in [1.807, 2.05) is 18.2 Å². The summed E-state index contributed by atoms with van der Waals surface area (Å²) < 4.78 is 5.52. The molecule has 0 saturated heterocycles. The highest BCUT2D eigenvalue weighted by Crippen LogP contribution is 2.29. The first-order chi connectivity index (χ1) is 8.16. The first-order valence-corrected chi connectivity index (χ1v) is 5.64. The number of rotatable bonds is 3. The van der Waals surface area contributed by atoms with E-state index in [1.165, 1.54) is 12.2 Å². The molecule has 2 aromatic rings. The predicted octanol–water partition coefficient (Wildman–Crippen LogP) is 4.38. The van der Waals surface area contributed by atoms with Gasteiger partial charge in [0.2, 0.25) is 5.24 Å². The number of hydrogen-bond acceptors (Lipinski definition) is 2. The molecule has 0 bridgehead atoms. The average molecular weight is 267 g/mol. The first-order valence-electron chi connectivity index (χ1n) is 4.89. The summed E-state index contributed by atoms with van der Waals surface area (Å²) >= 11 is 11.2. The first kappa shape index (κ1) is 12.0. The molecule has 0 aliphatic carbocycles. The van der Waals surface area contributed by atoms with Crippen LogP contribution in [-0.4, -0.2) is 5.24 Å². The van der Waals surface area contributed by atoms with E-state index in [9.17, 15) is 4.79 Å². The van der Waals surface area contributed by atoms with Crippen molar-refractivity contribution in [1.29, 1.82) is 0 Å². The molecule has 2 nitrogen and oxygen atoms in total. The Hall–Kier alpha value is -1.51. The summed E-state index contributed by atoms with van der Waals surface area (Å²) in [5.41, 5.74) is 0.811. The molecule has 0 N–H and O–H groups in total. The smallest absolute Gasteiger partial charge is 0.245 e. The fourth-order valence-electron chi connectivity index (χ4n) is 1.40. The van der Waals surface area contributed by atoms with Crippen molar-refractivity contribution >= 4 is 34.5 Å². The van der Waals surface area contributed by atoms with Crippen LogP contribution in [0.1, 0.15) is 5.76 Å². The largest absolute Gasteiger partial charge is 0.457 e. The maximum absolute atomic E-state index is 10.6. The number of halogens is 2. The van der Waals surface area contributed by atoms with Crippen LogP contribution in [0.5, 0.6) is 0 Å². The maximum Gasteiger partial charge on any atom is 0.245 e. The van der Waals surface area contributed by atoms with Gasteiger partial charge in [0.05, 0.1) is 5.02 Å². The molecule has 0 spiro atoms. The van der Waals surface area contributed by atoms with Crippen molar-refractivity contribution in [2.45, 2.75) is 0 Å². The Balaban J connectivity index is 2.30. The molecule has 0 radical (unpaired) electrons. The molecule has 0 atom stereocenters. The molecular formula is C13H8Cl2O2. The molecule has 0 aliphatic heterocycles. The number of hydrogen-bond donors (Lipinski definition) is 0. The molecule has 4 heteroatoms. The fraction of sp³-hybridized carbons (Fsp3) is 0. The minimum Gasteiger partial charge on any atom is -0.457 e. The van der Waals surface area contributed by atoms with Crippen LogP contribution in [-0.2, 0) is 4.79 Å². The summed E-state index contributed by atoms with van der Waals surface area (Å²) in [6, 6.07) is 10.9. The topological polar surface area (TPSA) is 30.2 Å². The van der Waals surface area contributed by atoms with Gasteiger partial charge in [0.25, 0.3) is 0 Å². The molecular weight excluding hydrogens is 259 g/mol. The molecule has 0 aliphatic rings. The van der Waals surface area contributed by atoms with E-state index in [1.54, 1.807) is 18.2 Å². The second-order valence-electron chi connectivity index (χ2n) is 3.32. The van der Waals surface area contributed by atoms with Crippen molar-refractivity contribution in [3.05, 3.63) is 53.3 Å². The number of furan rings is 1. The third-order valence-corrected chi connectivity index (χ3v) is 2.60. The Labute approximate surface area is 108 Å². The molecule has 1 aromatic carbocycles. The summed E-state index contributed by atoms with van der Waals surface area (Å²) in [6.45, 7) is 0. The number of carbonyl (C=O) groups excluding carboxylic acids is 1. The number of carbonyl (C=O) groups is 1. The van der Waals surface area contributed by atoms with Crippen molar-refractivity contribution in [1.82, 2.24) is 0 Å². The van der Waals surface area contributed by atoms with Crippen LogP contribution in [0.4, 0.5) is 0 Å². The lowest BCUT2D eigenvalue weighted by Gasteiger charge is -1.98. The lowest BCUT2D eigenvalue weighted by molar-refractivity contribution is -0.107. The normalized spacial score (nSPS) is 10.9. The summed E-state index contributed by atoms with van der Waals surface area (Å²) in [5, 5.41) is 0.0755. The van der Waals surface area contributed by atoms with Gasteiger partial charge in [-0.2, -0.15) is 0 Å². The predicted molar refractivity (Wildman–Crippen MR) is 69.0 cm³/mol. The van der Waals surface area contributed by atoms with E-state index >= 15 is 0 Å². The Morgan fingerprint density at radius 2 is 1.94 bits per heavy atom. The zero-order valence-electron chi connectivity index (χ0n) is 8.69. The van der Waals surface area contributed by atoms with Gasteiger partial charge in [-0.05, 0) is 41.9 Å². The molecule has 1 heterocycles. The standard InChI is InChI=1S/C13H8Cl2O2/c14-11-4-2-1-3-10(11)12-7-5-9(17-12)6-8-13(15)16/h1-8H/b8-6+. The minimum atomic E-state index is -0.541. The van der Waals surface area contributed by atoms with Crippen LogP contribution in [0.25, 0.3) is 17.4 Å². The van der Waals surface area contributed by atoms with Crippen LogP contribution < -0.4 is 0 Å². The third kappa shape index (κ3) is 2.99. The Morgan fingerprint density at radius 1 is 1.18 bits per heavy atom. The van der Waals surface area contributed by atoms with E-state index in [-0.39, 0.29) is 0 Å². The van der Waals surface area contributed by atoms with E-state index in [4.69, 9.17) is 27.6 Å². The van der Waals surface area contributed by atoms with Gasteiger partial charge < -0.3 is 4.42 Å². The van der Waals surface area contributed by atoms with E-state index < -0.39 is 5.24 Å². The van der Waals surface area contributed by atoms with Crippen molar-refractivity contribution in [3.8, 4) is 11.3 Å². The van der Waals surface area contributed by atoms with Crippen molar-refractivity contribution in [2.75, 3.05) is 0 Å². The van der Waals surface area contributed by atoms with Gasteiger partial charge in [0, 0.05) is 11.6 Å².